The predicted molar refractivity (Wildman–Crippen MR) is 52.5 cm³/mol. The molecule has 0 saturated carbocycles. The number of hydrogen-bond acceptors (Lipinski definition) is 4. The first kappa shape index (κ1) is 10.7. The van der Waals surface area contributed by atoms with E-state index in [2.05, 4.69) is 9.72 Å². The Labute approximate surface area is 83.1 Å². The van der Waals surface area contributed by atoms with E-state index in [1.165, 1.54) is 7.11 Å². The minimum absolute atomic E-state index is 0.492. The molecule has 0 aliphatic heterocycles. The third-order valence-corrected chi connectivity index (χ3v) is 2.05. The second-order valence-electron chi connectivity index (χ2n) is 3.41. The van der Waals surface area contributed by atoms with Crippen LogP contribution in [0.4, 0.5) is 0 Å². The summed E-state index contributed by atoms with van der Waals surface area (Å²) >= 11 is 0. The number of rotatable bonds is 2. The van der Waals surface area contributed by atoms with Crippen molar-refractivity contribution in [2.24, 2.45) is 5.73 Å². The predicted octanol–water partition coefficient (Wildman–Crippen LogP) is 0.737. The van der Waals surface area contributed by atoms with Crippen LogP contribution in [-0.4, -0.2) is 18.1 Å². The summed E-state index contributed by atoms with van der Waals surface area (Å²) < 4.78 is 4.60. The van der Waals surface area contributed by atoms with E-state index in [0.717, 1.165) is 5.56 Å². The van der Waals surface area contributed by atoms with Gasteiger partial charge in [0.2, 0.25) is 0 Å². The second kappa shape index (κ2) is 3.75. The molecule has 0 spiro atoms. The van der Waals surface area contributed by atoms with Crippen LogP contribution >= 0.6 is 0 Å². The Bertz CT molecular complexity index is 330. The Hall–Kier alpha value is -1.42. The average molecular weight is 194 g/mol. The molecule has 1 atom stereocenters. The molecule has 0 bridgehead atoms. The number of hydrogen-bond donors (Lipinski definition) is 1. The maximum Gasteiger partial charge on any atom is 0.331 e. The van der Waals surface area contributed by atoms with Crippen LogP contribution in [0.1, 0.15) is 18.2 Å². The fourth-order valence-corrected chi connectivity index (χ4v) is 1.09. The number of pyridine rings is 1. The van der Waals surface area contributed by atoms with E-state index >= 15 is 0 Å². The standard InChI is InChI=1S/C10H14N2O2/c1-7-4-5-8(12-6-7)10(2,11)9(13)14-3/h4-6H,11H2,1-3H3/t10-/m0/s1. The van der Waals surface area contributed by atoms with Gasteiger partial charge in [0.15, 0.2) is 5.54 Å². The van der Waals surface area contributed by atoms with Crippen LogP contribution in [0.5, 0.6) is 0 Å². The van der Waals surface area contributed by atoms with Crippen molar-refractivity contribution in [1.29, 1.82) is 0 Å². The fourth-order valence-electron chi connectivity index (χ4n) is 1.09. The van der Waals surface area contributed by atoms with Crippen molar-refractivity contribution >= 4 is 5.97 Å². The summed E-state index contributed by atoms with van der Waals surface area (Å²) in [5.74, 6) is -0.492. The van der Waals surface area contributed by atoms with E-state index in [9.17, 15) is 4.79 Å². The molecule has 14 heavy (non-hydrogen) atoms. The first-order valence-electron chi connectivity index (χ1n) is 4.29. The molecule has 4 heteroatoms. The fraction of sp³-hybridized carbons (Fsp3) is 0.400. The normalized spacial score (nSPS) is 14.6. The van der Waals surface area contributed by atoms with Crippen LogP contribution in [0.25, 0.3) is 0 Å². The van der Waals surface area contributed by atoms with Crippen LogP contribution in [0, 0.1) is 6.92 Å². The number of carbonyl (C=O) groups is 1. The topological polar surface area (TPSA) is 65.2 Å². The highest BCUT2D eigenvalue weighted by atomic mass is 16.5. The molecular weight excluding hydrogens is 180 g/mol. The Kier molecular flexibility index (Phi) is 2.86. The van der Waals surface area contributed by atoms with Gasteiger partial charge in [0.05, 0.1) is 12.8 Å². The first-order valence-corrected chi connectivity index (χ1v) is 4.29. The van der Waals surface area contributed by atoms with Gasteiger partial charge in [-0.2, -0.15) is 0 Å². The van der Waals surface area contributed by atoms with Gasteiger partial charge in [-0.3, -0.25) is 4.98 Å². The summed E-state index contributed by atoms with van der Waals surface area (Å²) in [4.78, 5) is 15.4. The van der Waals surface area contributed by atoms with Crippen molar-refractivity contribution in [3.05, 3.63) is 29.6 Å². The average Bonchev–Trinajstić information content (AvgIpc) is 2.17. The summed E-state index contributed by atoms with van der Waals surface area (Å²) in [6.45, 7) is 3.50. The molecule has 0 amide bonds. The van der Waals surface area contributed by atoms with Gasteiger partial charge in [0.25, 0.3) is 0 Å². The van der Waals surface area contributed by atoms with Crippen LogP contribution in [0.2, 0.25) is 0 Å². The van der Waals surface area contributed by atoms with Gasteiger partial charge in [-0.25, -0.2) is 4.79 Å². The van der Waals surface area contributed by atoms with Gasteiger partial charge in [0, 0.05) is 6.20 Å². The van der Waals surface area contributed by atoms with Crippen LogP contribution in [0.15, 0.2) is 18.3 Å². The zero-order chi connectivity index (χ0) is 10.8. The van der Waals surface area contributed by atoms with Crippen molar-refractivity contribution in [2.75, 3.05) is 7.11 Å². The molecule has 76 valence electrons. The Morgan fingerprint density at radius 3 is 2.64 bits per heavy atom. The Morgan fingerprint density at radius 1 is 1.57 bits per heavy atom. The highest BCUT2D eigenvalue weighted by molar-refractivity contribution is 5.81. The van der Waals surface area contributed by atoms with Gasteiger partial charge >= 0.3 is 5.97 Å². The lowest BCUT2D eigenvalue weighted by Gasteiger charge is -2.20. The number of nitrogens with zero attached hydrogens (tertiary/aromatic N) is 1. The van der Waals surface area contributed by atoms with Crippen molar-refractivity contribution < 1.29 is 9.53 Å². The highest BCUT2D eigenvalue weighted by Crippen LogP contribution is 2.16. The van der Waals surface area contributed by atoms with E-state index in [1.807, 2.05) is 13.0 Å². The van der Waals surface area contributed by atoms with Gasteiger partial charge in [-0.15, -0.1) is 0 Å². The van der Waals surface area contributed by atoms with Gasteiger partial charge in [-0.1, -0.05) is 6.07 Å². The lowest BCUT2D eigenvalue weighted by molar-refractivity contribution is -0.146. The minimum Gasteiger partial charge on any atom is -0.467 e. The van der Waals surface area contributed by atoms with Crippen molar-refractivity contribution in [3.8, 4) is 0 Å². The minimum atomic E-state index is -1.18. The number of aryl methyl sites for hydroxylation is 1. The first-order chi connectivity index (χ1) is 6.48. The van der Waals surface area contributed by atoms with Gasteiger partial charge < -0.3 is 10.5 Å². The molecule has 2 N–H and O–H groups in total. The molecule has 0 unspecified atom stereocenters. The summed E-state index contributed by atoms with van der Waals surface area (Å²) in [6, 6.07) is 3.59. The number of ether oxygens (including phenoxy) is 1. The summed E-state index contributed by atoms with van der Waals surface area (Å²) in [7, 11) is 1.31. The Morgan fingerprint density at radius 2 is 2.21 bits per heavy atom. The maximum absolute atomic E-state index is 11.3. The molecule has 1 heterocycles. The number of esters is 1. The highest BCUT2D eigenvalue weighted by Gasteiger charge is 2.32. The van der Waals surface area contributed by atoms with Gasteiger partial charge in [0.1, 0.15) is 0 Å². The third-order valence-electron chi connectivity index (χ3n) is 2.05. The van der Waals surface area contributed by atoms with E-state index < -0.39 is 11.5 Å². The molecule has 0 fully saturated rings. The van der Waals surface area contributed by atoms with Gasteiger partial charge in [-0.05, 0) is 25.5 Å². The third kappa shape index (κ3) is 1.90. The zero-order valence-corrected chi connectivity index (χ0v) is 8.57. The van der Waals surface area contributed by atoms with E-state index in [-0.39, 0.29) is 0 Å². The summed E-state index contributed by atoms with van der Waals surface area (Å²) in [6.07, 6.45) is 1.67. The molecule has 0 aliphatic rings. The van der Waals surface area contributed by atoms with E-state index in [4.69, 9.17) is 5.73 Å². The molecule has 1 aromatic rings. The Balaban J connectivity index is 3.03. The van der Waals surface area contributed by atoms with Crippen molar-refractivity contribution in [3.63, 3.8) is 0 Å². The smallest absolute Gasteiger partial charge is 0.331 e. The number of methoxy groups -OCH3 is 1. The molecule has 1 rings (SSSR count). The molecule has 0 aromatic carbocycles. The zero-order valence-electron chi connectivity index (χ0n) is 8.57. The number of nitrogens with two attached hydrogens (primary N) is 1. The lowest BCUT2D eigenvalue weighted by atomic mass is 9.98. The number of carbonyl (C=O) groups excluding carboxylic acids is 1. The van der Waals surface area contributed by atoms with Crippen molar-refractivity contribution in [2.45, 2.75) is 19.4 Å². The van der Waals surface area contributed by atoms with E-state index in [1.54, 1.807) is 19.2 Å². The summed E-state index contributed by atoms with van der Waals surface area (Å²) in [5.41, 5.74) is 6.16. The summed E-state index contributed by atoms with van der Waals surface area (Å²) in [5, 5.41) is 0. The van der Waals surface area contributed by atoms with Crippen LogP contribution in [0.3, 0.4) is 0 Å². The molecule has 0 saturated heterocycles. The maximum atomic E-state index is 11.3. The largest absolute Gasteiger partial charge is 0.467 e. The van der Waals surface area contributed by atoms with Crippen LogP contribution in [-0.2, 0) is 15.1 Å². The van der Waals surface area contributed by atoms with Crippen LogP contribution < -0.4 is 5.73 Å². The molecule has 4 nitrogen and oxygen atoms in total. The quantitative estimate of drug-likeness (QED) is 0.705. The molecule has 1 aromatic heterocycles. The SMILES string of the molecule is COC(=O)[C@@](C)(N)c1ccc(C)cn1. The number of aromatic nitrogens is 1. The molecular formula is C10H14N2O2. The molecule has 0 aliphatic carbocycles. The monoisotopic (exact) mass is 194 g/mol. The van der Waals surface area contributed by atoms with Crippen molar-refractivity contribution in [1.82, 2.24) is 4.98 Å². The second-order valence-corrected chi connectivity index (χ2v) is 3.41. The van der Waals surface area contributed by atoms with E-state index in [0.29, 0.717) is 5.69 Å². The lowest BCUT2D eigenvalue weighted by Crippen LogP contribution is -2.43. The molecule has 0 radical (unpaired) electrons.